The summed E-state index contributed by atoms with van der Waals surface area (Å²) >= 11 is 5.92. The van der Waals surface area contributed by atoms with Gasteiger partial charge in [-0.05, 0) is 30.3 Å². The molecule has 1 fully saturated rings. The molecule has 0 unspecified atom stereocenters. The van der Waals surface area contributed by atoms with Gasteiger partial charge in [0.2, 0.25) is 0 Å². The standard InChI is InChI=1S/C22H22ClN5O2/c23-17-5-4-8-19(13-17)30-15-22(29)26-20-14-21(25-16-24-20)28-11-9-27(10-12-28)18-6-2-1-3-7-18/h1-8,13-14,16H,9-12,15H2,(H,24,25,26,29). The number of anilines is 3. The van der Waals surface area contributed by atoms with Gasteiger partial charge in [-0.15, -0.1) is 0 Å². The third-order valence-electron chi connectivity index (χ3n) is 4.81. The van der Waals surface area contributed by atoms with Crippen LogP contribution in [0.25, 0.3) is 0 Å². The summed E-state index contributed by atoms with van der Waals surface area (Å²) in [7, 11) is 0. The van der Waals surface area contributed by atoms with Gasteiger partial charge in [0.1, 0.15) is 23.7 Å². The molecule has 4 rings (SSSR count). The van der Waals surface area contributed by atoms with Crippen molar-refractivity contribution in [2.45, 2.75) is 0 Å². The summed E-state index contributed by atoms with van der Waals surface area (Å²) in [5.41, 5.74) is 1.23. The Bertz CT molecular complexity index is 994. The van der Waals surface area contributed by atoms with Crippen LogP contribution in [0.2, 0.25) is 5.02 Å². The first-order valence-electron chi connectivity index (χ1n) is 9.72. The van der Waals surface area contributed by atoms with Crippen LogP contribution in [-0.2, 0) is 4.79 Å². The summed E-state index contributed by atoms with van der Waals surface area (Å²) in [5.74, 6) is 1.49. The van der Waals surface area contributed by atoms with E-state index in [1.807, 2.05) is 6.07 Å². The third-order valence-corrected chi connectivity index (χ3v) is 5.05. The van der Waals surface area contributed by atoms with Gasteiger partial charge in [-0.1, -0.05) is 35.9 Å². The molecule has 1 amide bonds. The Morgan fingerprint density at radius 2 is 1.73 bits per heavy atom. The van der Waals surface area contributed by atoms with Crippen LogP contribution in [0.5, 0.6) is 5.75 Å². The van der Waals surface area contributed by atoms with Crippen LogP contribution in [-0.4, -0.2) is 48.7 Å². The first-order valence-corrected chi connectivity index (χ1v) is 10.1. The minimum Gasteiger partial charge on any atom is -0.484 e. The maximum absolute atomic E-state index is 12.2. The maximum atomic E-state index is 12.2. The van der Waals surface area contributed by atoms with E-state index in [4.69, 9.17) is 16.3 Å². The fourth-order valence-corrected chi connectivity index (χ4v) is 3.49. The highest BCUT2D eigenvalue weighted by molar-refractivity contribution is 6.30. The zero-order valence-electron chi connectivity index (χ0n) is 16.4. The van der Waals surface area contributed by atoms with E-state index in [0.29, 0.717) is 16.6 Å². The van der Waals surface area contributed by atoms with Gasteiger partial charge in [0, 0.05) is 43.0 Å². The number of hydrogen-bond acceptors (Lipinski definition) is 6. The van der Waals surface area contributed by atoms with Crippen LogP contribution < -0.4 is 19.9 Å². The number of benzene rings is 2. The predicted octanol–water partition coefficient (Wildman–Crippen LogP) is 3.47. The summed E-state index contributed by atoms with van der Waals surface area (Å²) < 4.78 is 5.47. The second-order valence-corrected chi connectivity index (χ2v) is 7.30. The van der Waals surface area contributed by atoms with Crippen molar-refractivity contribution in [2.24, 2.45) is 0 Å². The molecule has 1 aromatic heterocycles. The first kappa shape index (κ1) is 20.0. The monoisotopic (exact) mass is 423 g/mol. The number of aromatic nitrogens is 2. The highest BCUT2D eigenvalue weighted by Gasteiger charge is 2.19. The number of ether oxygens (including phenoxy) is 1. The van der Waals surface area contributed by atoms with E-state index in [1.165, 1.54) is 12.0 Å². The molecule has 1 aliphatic heterocycles. The Morgan fingerprint density at radius 1 is 0.967 bits per heavy atom. The molecular formula is C22H22ClN5O2. The van der Waals surface area contributed by atoms with Crippen molar-refractivity contribution in [3.05, 3.63) is 72.0 Å². The van der Waals surface area contributed by atoms with Gasteiger partial charge >= 0.3 is 0 Å². The van der Waals surface area contributed by atoms with Crippen LogP contribution in [0.4, 0.5) is 17.3 Å². The Hall–Kier alpha value is -3.32. The second-order valence-electron chi connectivity index (χ2n) is 6.87. The van der Waals surface area contributed by atoms with Gasteiger partial charge in [-0.3, -0.25) is 4.79 Å². The number of carbonyl (C=O) groups is 1. The van der Waals surface area contributed by atoms with E-state index in [1.54, 1.807) is 30.3 Å². The van der Waals surface area contributed by atoms with Gasteiger partial charge in [0.25, 0.3) is 5.91 Å². The van der Waals surface area contributed by atoms with E-state index >= 15 is 0 Å². The lowest BCUT2D eigenvalue weighted by Gasteiger charge is -2.36. The molecule has 0 bridgehead atoms. The SMILES string of the molecule is O=C(COc1cccc(Cl)c1)Nc1cc(N2CCN(c3ccccc3)CC2)ncn1. The van der Waals surface area contributed by atoms with Gasteiger partial charge in [0.05, 0.1) is 0 Å². The van der Waals surface area contributed by atoms with Crippen LogP contribution in [0.3, 0.4) is 0 Å². The van der Waals surface area contributed by atoms with Crippen molar-refractivity contribution in [2.75, 3.05) is 47.9 Å². The van der Waals surface area contributed by atoms with Crippen LogP contribution >= 0.6 is 11.6 Å². The summed E-state index contributed by atoms with van der Waals surface area (Å²) in [6.45, 7) is 3.37. The third kappa shape index (κ3) is 5.18. The van der Waals surface area contributed by atoms with Crippen molar-refractivity contribution in [3.63, 3.8) is 0 Å². The lowest BCUT2D eigenvalue weighted by Crippen LogP contribution is -2.46. The number of para-hydroxylation sites is 1. The second kappa shape index (κ2) is 9.45. The highest BCUT2D eigenvalue weighted by atomic mass is 35.5. The molecule has 154 valence electrons. The average Bonchev–Trinajstić information content (AvgIpc) is 2.79. The topological polar surface area (TPSA) is 70.6 Å². The van der Waals surface area contributed by atoms with Crippen molar-refractivity contribution < 1.29 is 9.53 Å². The fraction of sp³-hybridized carbons (Fsp3) is 0.227. The number of hydrogen-bond donors (Lipinski definition) is 1. The zero-order valence-corrected chi connectivity index (χ0v) is 17.1. The molecule has 0 spiro atoms. The molecule has 1 aliphatic rings. The molecule has 1 saturated heterocycles. The molecular weight excluding hydrogens is 402 g/mol. The van der Waals surface area contributed by atoms with Crippen molar-refractivity contribution in [3.8, 4) is 5.75 Å². The number of carbonyl (C=O) groups excluding carboxylic acids is 1. The normalized spacial score (nSPS) is 13.8. The lowest BCUT2D eigenvalue weighted by atomic mass is 10.2. The molecule has 8 heteroatoms. The summed E-state index contributed by atoms with van der Waals surface area (Å²) in [5, 5.41) is 3.31. The highest BCUT2D eigenvalue weighted by Crippen LogP contribution is 2.20. The Morgan fingerprint density at radius 3 is 2.50 bits per heavy atom. The largest absolute Gasteiger partial charge is 0.484 e. The maximum Gasteiger partial charge on any atom is 0.263 e. The van der Waals surface area contributed by atoms with Crippen molar-refractivity contribution >= 4 is 34.8 Å². The Kier molecular flexibility index (Phi) is 6.29. The molecule has 7 nitrogen and oxygen atoms in total. The number of nitrogens with one attached hydrogen (secondary N) is 1. The molecule has 30 heavy (non-hydrogen) atoms. The van der Waals surface area contributed by atoms with Crippen LogP contribution in [0, 0.1) is 0 Å². The summed E-state index contributed by atoms with van der Waals surface area (Å²) in [6.07, 6.45) is 1.46. The average molecular weight is 424 g/mol. The molecule has 0 radical (unpaired) electrons. The molecule has 0 saturated carbocycles. The minimum atomic E-state index is -0.298. The molecule has 2 aromatic carbocycles. The summed E-state index contributed by atoms with van der Waals surface area (Å²) in [6, 6.07) is 19.1. The van der Waals surface area contributed by atoms with E-state index in [0.717, 1.165) is 32.0 Å². The number of amides is 1. The molecule has 0 atom stereocenters. The minimum absolute atomic E-state index is 0.130. The quantitative estimate of drug-likeness (QED) is 0.654. The van der Waals surface area contributed by atoms with E-state index in [9.17, 15) is 4.79 Å². The Balaban J connectivity index is 1.31. The van der Waals surface area contributed by atoms with Crippen LogP contribution in [0.15, 0.2) is 67.0 Å². The number of nitrogens with zero attached hydrogens (tertiary/aromatic N) is 4. The smallest absolute Gasteiger partial charge is 0.263 e. The van der Waals surface area contributed by atoms with Crippen molar-refractivity contribution in [1.82, 2.24) is 9.97 Å². The van der Waals surface area contributed by atoms with E-state index in [-0.39, 0.29) is 12.5 Å². The fourth-order valence-electron chi connectivity index (χ4n) is 3.31. The molecule has 2 heterocycles. The summed E-state index contributed by atoms with van der Waals surface area (Å²) in [4.78, 5) is 25.3. The lowest BCUT2D eigenvalue weighted by molar-refractivity contribution is -0.118. The zero-order chi connectivity index (χ0) is 20.8. The van der Waals surface area contributed by atoms with E-state index < -0.39 is 0 Å². The molecule has 3 aromatic rings. The number of halogens is 1. The molecule has 1 N–H and O–H groups in total. The van der Waals surface area contributed by atoms with Crippen LogP contribution in [0.1, 0.15) is 0 Å². The van der Waals surface area contributed by atoms with Gasteiger partial charge in [-0.25, -0.2) is 9.97 Å². The molecule has 0 aliphatic carbocycles. The number of piperazine rings is 1. The first-order chi connectivity index (χ1) is 14.7. The number of rotatable bonds is 6. The predicted molar refractivity (Wildman–Crippen MR) is 118 cm³/mol. The van der Waals surface area contributed by atoms with Gasteiger partial charge < -0.3 is 19.9 Å². The Labute approximate surface area is 180 Å². The van der Waals surface area contributed by atoms with Crippen molar-refractivity contribution in [1.29, 1.82) is 0 Å². The van der Waals surface area contributed by atoms with Gasteiger partial charge in [0.15, 0.2) is 6.61 Å². The van der Waals surface area contributed by atoms with E-state index in [2.05, 4.69) is 49.4 Å². The van der Waals surface area contributed by atoms with Gasteiger partial charge in [-0.2, -0.15) is 0 Å².